The van der Waals surface area contributed by atoms with Crippen LogP contribution in [0.4, 0.5) is 9.18 Å². The van der Waals surface area contributed by atoms with Gasteiger partial charge in [0.05, 0.1) is 12.7 Å². The minimum Gasteiger partial charge on any atom is -0.447 e. The third-order valence-corrected chi connectivity index (χ3v) is 2.54. The molecule has 0 saturated heterocycles. The summed E-state index contributed by atoms with van der Waals surface area (Å²) in [6.07, 6.45) is 1.26. The van der Waals surface area contributed by atoms with Crippen LogP contribution < -0.4 is 11.2 Å². The standard InChI is InChI=1S/C11H8FN3O6/c12-6-5-15(10(19)13-9(6)18)11(20)21-4-3-14-7(16)1-2-8(14)17/h1-2,5H,3-4H2,(H,13,18,19). The molecule has 2 heterocycles. The van der Waals surface area contributed by atoms with Gasteiger partial charge < -0.3 is 4.74 Å². The summed E-state index contributed by atoms with van der Waals surface area (Å²) in [6, 6.07) is 0. The Morgan fingerprint density at radius 1 is 1.19 bits per heavy atom. The number of carbonyl (C=O) groups is 3. The first-order chi connectivity index (χ1) is 9.90. The average Bonchev–Trinajstić information content (AvgIpc) is 2.74. The maximum Gasteiger partial charge on any atom is 0.422 e. The number of aromatic nitrogens is 2. The highest BCUT2D eigenvalue weighted by Gasteiger charge is 2.23. The normalized spacial score (nSPS) is 13.9. The highest BCUT2D eigenvalue weighted by atomic mass is 19.1. The SMILES string of the molecule is O=C1C=CC(=O)N1CCOC(=O)n1cc(F)c(=O)[nH]c1=O. The predicted octanol–water partition coefficient (Wildman–Crippen LogP) is -1.41. The molecule has 2 amide bonds. The van der Waals surface area contributed by atoms with Crippen molar-refractivity contribution in [3.63, 3.8) is 0 Å². The van der Waals surface area contributed by atoms with E-state index in [1.165, 1.54) is 0 Å². The summed E-state index contributed by atoms with van der Waals surface area (Å²) in [5.74, 6) is -2.44. The summed E-state index contributed by atoms with van der Waals surface area (Å²) in [5.41, 5.74) is -2.43. The highest BCUT2D eigenvalue weighted by Crippen LogP contribution is 2.02. The van der Waals surface area contributed by atoms with Crippen molar-refractivity contribution in [3.8, 4) is 0 Å². The second-order valence-corrected chi connectivity index (χ2v) is 3.88. The van der Waals surface area contributed by atoms with Crippen molar-refractivity contribution in [2.45, 2.75) is 0 Å². The number of H-pyrrole nitrogens is 1. The van der Waals surface area contributed by atoms with E-state index in [9.17, 15) is 28.4 Å². The molecule has 1 aliphatic rings. The van der Waals surface area contributed by atoms with Crippen molar-refractivity contribution < 1.29 is 23.5 Å². The van der Waals surface area contributed by atoms with Gasteiger partial charge in [0, 0.05) is 12.2 Å². The van der Waals surface area contributed by atoms with E-state index >= 15 is 0 Å². The molecule has 110 valence electrons. The Labute approximate surface area is 115 Å². The molecule has 0 unspecified atom stereocenters. The molecule has 2 rings (SSSR count). The lowest BCUT2D eigenvalue weighted by atomic mass is 10.5. The number of nitrogens with zero attached hydrogens (tertiary/aromatic N) is 2. The smallest absolute Gasteiger partial charge is 0.422 e. The Balaban J connectivity index is 1.98. The highest BCUT2D eigenvalue weighted by molar-refractivity contribution is 6.12. The molecule has 0 aliphatic carbocycles. The molecule has 1 aromatic heterocycles. The van der Waals surface area contributed by atoms with Gasteiger partial charge in [-0.3, -0.25) is 24.3 Å². The van der Waals surface area contributed by atoms with Gasteiger partial charge >= 0.3 is 11.8 Å². The summed E-state index contributed by atoms with van der Waals surface area (Å²) < 4.78 is 17.8. The van der Waals surface area contributed by atoms with Crippen LogP contribution in [0, 0.1) is 5.82 Å². The number of rotatable bonds is 3. The molecule has 1 N–H and O–H groups in total. The molecule has 0 fully saturated rings. The van der Waals surface area contributed by atoms with E-state index in [0.717, 1.165) is 17.1 Å². The molecule has 21 heavy (non-hydrogen) atoms. The first-order valence-electron chi connectivity index (χ1n) is 5.62. The number of aromatic amines is 1. The van der Waals surface area contributed by atoms with Gasteiger partial charge in [-0.05, 0) is 0 Å². The number of halogens is 1. The van der Waals surface area contributed by atoms with Crippen molar-refractivity contribution in [2.24, 2.45) is 0 Å². The van der Waals surface area contributed by atoms with Gasteiger partial charge in [-0.25, -0.2) is 14.2 Å². The third kappa shape index (κ3) is 2.94. The molecular formula is C11H8FN3O6. The number of hydrogen-bond acceptors (Lipinski definition) is 6. The van der Waals surface area contributed by atoms with Crippen LogP contribution >= 0.6 is 0 Å². The molecule has 0 radical (unpaired) electrons. The van der Waals surface area contributed by atoms with E-state index in [1.54, 1.807) is 4.98 Å². The summed E-state index contributed by atoms with van der Waals surface area (Å²) in [7, 11) is 0. The number of imide groups is 1. The Morgan fingerprint density at radius 3 is 2.43 bits per heavy atom. The number of nitrogens with one attached hydrogen (secondary N) is 1. The monoisotopic (exact) mass is 297 g/mol. The molecule has 10 heteroatoms. The molecule has 1 aliphatic heterocycles. The van der Waals surface area contributed by atoms with Crippen molar-refractivity contribution in [1.29, 1.82) is 0 Å². The number of ether oxygens (including phenoxy) is 1. The van der Waals surface area contributed by atoms with E-state index in [0.29, 0.717) is 6.20 Å². The van der Waals surface area contributed by atoms with Crippen LogP contribution in [-0.4, -0.2) is 45.5 Å². The molecule has 9 nitrogen and oxygen atoms in total. The van der Waals surface area contributed by atoms with Crippen LogP contribution in [0.1, 0.15) is 0 Å². The van der Waals surface area contributed by atoms with Crippen molar-refractivity contribution >= 4 is 17.9 Å². The molecule has 0 saturated carbocycles. The predicted molar refractivity (Wildman–Crippen MR) is 63.9 cm³/mol. The van der Waals surface area contributed by atoms with Crippen LogP contribution in [0.15, 0.2) is 27.9 Å². The number of hydrogen-bond donors (Lipinski definition) is 1. The molecule has 0 bridgehead atoms. The van der Waals surface area contributed by atoms with E-state index in [2.05, 4.69) is 4.74 Å². The fraction of sp³-hybridized carbons (Fsp3) is 0.182. The minimum absolute atomic E-state index is 0.211. The maximum atomic E-state index is 13.0. The van der Waals surface area contributed by atoms with Crippen LogP contribution in [0.25, 0.3) is 0 Å². The summed E-state index contributed by atoms with van der Waals surface area (Å²) >= 11 is 0. The van der Waals surface area contributed by atoms with Gasteiger partial charge in [-0.2, -0.15) is 4.39 Å². The zero-order chi connectivity index (χ0) is 15.6. The average molecular weight is 297 g/mol. The minimum atomic E-state index is -1.33. The largest absolute Gasteiger partial charge is 0.447 e. The quantitative estimate of drug-likeness (QED) is 0.684. The molecule has 0 atom stereocenters. The molecule has 0 aromatic carbocycles. The number of amides is 2. The second kappa shape index (κ2) is 5.53. The first kappa shape index (κ1) is 14.4. The molecular weight excluding hydrogens is 289 g/mol. The summed E-state index contributed by atoms with van der Waals surface area (Å²) in [6.45, 7) is -0.595. The van der Waals surface area contributed by atoms with Gasteiger partial charge in [-0.1, -0.05) is 0 Å². The van der Waals surface area contributed by atoms with Crippen molar-refractivity contribution in [3.05, 3.63) is 45.0 Å². The van der Waals surface area contributed by atoms with Crippen LogP contribution in [-0.2, 0) is 14.3 Å². The zero-order valence-electron chi connectivity index (χ0n) is 10.4. The summed E-state index contributed by atoms with van der Waals surface area (Å²) in [5, 5.41) is 0. The lowest BCUT2D eigenvalue weighted by Crippen LogP contribution is -2.37. The Morgan fingerprint density at radius 2 is 1.81 bits per heavy atom. The Hall–Kier alpha value is -3.04. The van der Waals surface area contributed by atoms with E-state index in [4.69, 9.17) is 0 Å². The maximum absolute atomic E-state index is 13.0. The van der Waals surface area contributed by atoms with E-state index < -0.39 is 35.0 Å². The third-order valence-electron chi connectivity index (χ3n) is 2.54. The van der Waals surface area contributed by atoms with Crippen molar-refractivity contribution in [2.75, 3.05) is 13.2 Å². The van der Waals surface area contributed by atoms with Gasteiger partial charge in [0.15, 0.2) is 0 Å². The van der Waals surface area contributed by atoms with Gasteiger partial charge in [-0.15, -0.1) is 0 Å². The Kier molecular flexibility index (Phi) is 3.78. The van der Waals surface area contributed by atoms with Gasteiger partial charge in [0.25, 0.3) is 17.4 Å². The van der Waals surface area contributed by atoms with E-state index in [-0.39, 0.29) is 17.7 Å². The van der Waals surface area contributed by atoms with Crippen LogP contribution in [0.3, 0.4) is 0 Å². The van der Waals surface area contributed by atoms with E-state index in [1.807, 2.05) is 0 Å². The summed E-state index contributed by atoms with van der Waals surface area (Å²) in [4.78, 5) is 58.4. The van der Waals surface area contributed by atoms with Crippen LogP contribution in [0.2, 0.25) is 0 Å². The fourth-order valence-electron chi connectivity index (χ4n) is 1.53. The lowest BCUT2D eigenvalue weighted by Gasteiger charge is -2.13. The molecule has 0 spiro atoms. The van der Waals surface area contributed by atoms with Gasteiger partial charge in [0.2, 0.25) is 5.82 Å². The van der Waals surface area contributed by atoms with Gasteiger partial charge in [0.1, 0.15) is 6.61 Å². The molecule has 1 aromatic rings. The second-order valence-electron chi connectivity index (χ2n) is 3.88. The van der Waals surface area contributed by atoms with Crippen LogP contribution in [0.5, 0.6) is 0 Å². The fourth-order valence-corrected chi connectivity index (χ4v) is 1.53. The zero-order valence-corrected chi connectivity index (χ0v) is 10.4. The first-order valence-corrected chi connectivity index (χ1v) is 5.62. The lowest BCUT2D eigenvalue weighted by molar-refractivity contribution is -0.137. The number of carbonyl (C=O) groups excluding carboxylic acids is 3. The Bertz CT molecular complexity index is 744. The van der Waals surface area contributed by atoms with Crippen molar-refractivity contribution in [1.82, 2.24) is 14.5 Å². The topological polar surface area (TPSA) is 119 Å².